The summed E-state index contributed by atoms with van der Waals surface area (Å²) in [6.45, 7) is 2.82. The second-order valence-corrected chi connectivity index (χ2v) is 4.18. The number of carbonyl (C=O) groups excluding carboxylic acids is 1. The fraction of sp³-hybridized carbons (Fsp3) is 0.333. The van der Waals surface area contributed by atoms with Gasteiger partial charge in [-0.3, -0.25) is 9.48 Å². The lowest BCUT2D eigenvalue weighted by atomic mass is 10.3. The summed E-state index contributed by atoms with van der Waals surface area (Å²) in [6.07, 6.45) is 4.49. The molecule has 1 amide bonds. The van der Waals surface area contributed by atoms with Crippen molar-refractivity contribution in [2.75, 3.05) is 11.1 Å². The van der Waals surface area contributed by atoms with Crippen LogP contribution in [0.2, 0.25) is 0 Å². The third-order valence-corrected chi connectivity index (χ3v) is 2.57. The average Bonchev–Trinajstić information content (AvgIpc) is 2.86. The molecule has 2 heterocycles. The standard InChI is InChI=1S/C12H17N5O/c1-3-5-17-8-9(13)7-10(17)12(18)14-11-4-6-16(2)15-11/h4,6-8H,3,5,13H2,1-2H3,(H,14,15,18). The Hall–Kier alpha value is -2.24. The minimum absolute atomic E-state index is 0.196. The molecule has 0 spiro atoms. The van der Waals surface area contributed by atoms with Gasteiger partial charge in [-0.15, -0.1) is 0 Å². The molecule has 0 saturated heterocycles. The van der Waals surface area contributed by atoms with Gasteiger partial charge in [0, 0.05) is 32.1 Å². The Morgan fingerprint density at radius 3 is 2.94 bits per heavy atom. The van der Waals surface area contributed by atoms with Crippen LogP contribution in [0.15, 0.2) is 24.5 Å². The molecule has 0 aromatic carbocycles. The third-order valence-electron chi connectivity index (χ3n) is 2.57. The van der Waals surface area contributed by atoms with Crippen molar-refractivity contribution < 1.29 is 4.79 Å². The van der Waals surface area contributed by atoms with Gasteiger partial charge in [-0.25, -0.2) is 0 Å². The zero-order chi connectivity index (χ0) is 13.1. The number of aryl methyl sites for hydroxylation is 2. The molecule has 0 radical (unpaired) electrons. The van der Waals surface area contributed by atoms with Crippen LogP contribution in [0.5, 0.6) is 0 Å². The van der Waals surface area contributed by atoms with Crippen LogP contribution in [0.25, 0.3) is 0 Å². The summed E-state index contributed by atoms with van der Waals surface area (Å²) in [5.74, 6) is 0.337. The van der Waals surface area contributed by atoms with Gasteiger partial charge < -0.3 is 15.6 Å². The molecule has 2 aromatic heterocycles. The molecule has 0 atom stereocenters. The van der Waals surface area contributed by atoms with Crippen LogP contribution >= 0.6 is 0 Å². The van der Waals surface area contributed by atoms with Crippen LogP contribution in [0.3, 0.4) is 0 Å². The molecule has 6 nitrogen and oxygen atoms in total. The van der Waals surface area contributed by atoms with E-state index in [0.717, 1.165) is 13.0 Å². The zero-order valence-corrected chi connectivity index (χ0v) is 10.6. The van der Waals surface area contributed by atoms with E-state index in [4.69, 9.17) is 5.73 Å². The summed E-state index contributed by atoms with van der Waals surface area (Å²) in [5.41, 5.74) is 6.87. The Balaban J connectivity index is 2.17. The number of nitrogens with one attached hydrogen (secondary N) is 1. The number of nitrogens with two attached hydrogens (primary N) is 1. The van der Waals surface area contributed by atoms with E-state index in [-0.39, 0.29) is 5.91 Å². The smallest absolute Gasteiger partial charge is 0.273 e. The lowest BCUT2D eigenvalue weighted by Crippen LogP contribution is -2.17. The number of rotatable bonds is 4. The molecule has 0 unspecified atom stereocenters. The highest BCUT2D eigenvalue weighted by atomic mass is 16.2. The van der Waals surface area contributed by atoms with Crippen molar-refractivity contribution in [3.8, 4) is 0 Å². The Kier molecular flexibility index (Phi) is 3.36. The quantitative estimate of drug-likeness (QED) is 0.858. The van der Waals surface area contributed by atoms with E-state index in [0.29, 0.717) is 17.2 Å². The number of aromatic nitrogens is 3. The van der Waals surface area contributed by atoms with Crippen LogP contribution in [-0.2, 0) is 13.6 Å². The largest absolute Gasteiger partial charge is 0.397 e. The number of hydrogen-bond acceptors (Lipinski definition) is 3. The van der Waals surface area contributed by atoms with Gasteiger partial charge in [0.25, 0.3) is 5.91 Å². The Morgan fingerprint density at radius 1 is 1.56 bits per heavy atom. The predicted molar refractivity (Wildman–Crippen MR) is 70.3 cm³/mol. The first-order valence-corrected chi connectivity index (χ1v) is 5.86. The summed E-state index contributed by atoms with van der Waals surface area (Å²) in [6, 6.07) is 3.42. The molecule has 0 saturated carbocycles. The maximum atomic E-state index is 12.1. The molecule has 0 aliphatic rings. The second-order valence-electron chi connectivity index (χ2n) is 4.18. The highest BCUT2D eigenvalue weighted by Gasteiger charge is 2.13. The van der Waals surface area contributed by atoms with Crippen molar-refractivity contribution in [1.29, 1.82) is 0 Å². The second kappa shape index (κ2) is 4.95. The van der Waals surface area contributed by atoms with E-state index in [1.807, 2.05) is 4.57 Å². The molecule has 18 heavy (non-hydrogen) atoms. The Morgan fingerprint density at radius 2 is 2.33 bits per heavy atom. The third kappa shape index (κ3) is 2.53. The van der Waals surface area contributed by atoms with Crippen LogP contribution in [0.4, 0.5) is 11.5 Å². The van der Waals surface area contributed by atoms with E-state index < -0.39 is 0 Å². The maximum absolute atomic E-state index is 12.1. The molecule has 2 aromatic rings. The molecule has 96 valence electrons. The number of nitrogens with zero attached hydrogens (tertiary/aromatic N) is 3. The van der Waals surface area contributed by atoms with E-state index in [9.17, 15) is 4.79 Å². The van der Waals surface area contributed by atoms with E-state index in [2.05, 4.69) is 17.3 Å². The van der Waals surface area contributed by atoms with Crippen LogP contribution in [0, 0.1) is 0 Å². The van der Waals surface area contributed by atoms with Crippen molar-refractivity contribution >= 4 is 17.4 Å². The average molecular weight is 247 g/mol. The van der Waals surface area contributed by atoms with Gasteiger partial charge in [0.1, 0.15) is 5.69 Å². The number of hydrogen-bond donors (Lipinski definition) is 2. The molecule has 6 heteroatoms. The van der Waals surface area contributed by atoms with Crippen molar-refractivity contribution in [3.05, 3.63) is 30.2 Å². The van der Waals surface area contributed by atoms with Gasteiger partial charge in [0.15, 0.2) is 5.82 Å². The summed E-state index contributed by atoms with van der Waals surface area (Å²) in [4.78, 5) is 12.1. The summed E-state index contributed by atoms with van der Waals surface area (Å²) in [5, 5.41) is 6.85. The molecule has 0 aliphatic carbocycles. The lowest BCUT2D eigenvalue weighted by molar-refractivity contribution is 0.101. The monoisotopic (exact) mass is 247 g/mol. The van der Waals surface area contributed by atoms with E-state index in [1.54, 1.807) is 36.3 Å². The van der Waals surface area contributed by atoms with Crippen molar-refractivity contribution in [3.63, 3.8) is 0 Å². The maximum Gasteiger partial charge on any atom is 0.273 e. The van der Waals surface area contributed by atoms with Crippen molar-refractivity contribution in [1.82, 2.24) is 14.3 Å². The lowest BCUT2D eigenvalue weighted by Gasteiger charge is -2.06. The SMILES string of the molecule is CCCn1cc(N)cc1C(=O)Nc1ccn(C)n1. The van der Waals surface area contributed by atoms with E-state index >= 15 is 0 Å². The minimum Gasteiger partial charge on any atom is -0.397 e. The summed E-state index contributed by atoms with van der Waals surface area (Å²) in [7, 11) is 1.80. The van der Waals surface area contributed by atoms with Crippen molar-refractivity contribution in [2.45, 2.75) is 19.9 Å². The first-order valence-electron chi connectivity index (χ1n) is 5.86. The van der Waals surface area contributed by atoms with Crippen LogP contribution in [0.1, 0.15) is 23.8 Å². The minimum atomic E-state index is -0.196. The Bertz CT molecular complexity index is 555. The fourth-order valence-electron chi connectivity index (χ4n) is 1.81. The van der Waals surface area contributed by atoms with Crippen molar-refractivity contribution in [2.24, 2.45) is 7.05 Å². The normalized spacial score (nSPS) is 10.6. The number of anilines is 2. The van der Waals surface area contributed by atoms with Crippen LogP contribution in [-0.4, -0.2) is 20.3 Å². The predicted octanol–water partition coefficient (Wildman–Crippen LogP) is 1.47. The van der Waals surface area contributed by atoms with Gasteiger partial charge in [-0.2, -0.15) is 5.10 Å². The molecule has 2 rings (SSSR count). The summed E-state index contributed by atoms with van der Waals surface area (Å²) >= 11 is 0. The highest BCUT2D eigenvalue weighted by Crippen LogP contribution is 2.13. The first-order chi connectivity index (χ1) is 8.60. The number of nitrogen functional groups attached to an aromatic ring is 1. The highest BCUT2D eigenvalue weighted by molar-refractivity contribution is 6.03. The number of carbonyl (C=O) groups is 1. The molecule has 3 N–H and O–H groups in total. The molecular weight excluding hydrogens is 230 g/mol. The molecular formula is C12H17N5O. The zero-order valence-electron chi connectivity index (χ0n) is 10.6. The molecule has 0 bridgehead atoms. The van der Waals surface area contributed by atoms with Crippen LogP contribution < -0.4 is 11.1 Å². The Labute approximate surface area is 105 Å². The molecule has 0 aliphatic heterocycles. The van der Waals surface area contributed by atoms with Gasteiger partial charge in [0.05, 0.1) is 5.69 Å². The molecule has 0 fully saturated rings. The first kappa shape index (κ1) is 12.2. The fourth-order valence-corrected chi connectivity index (χ4v) is 1.81. The van der Waals surface area contributed by atoms with Gasteiger partial charge >= 0.3 is 0 Å². The topological polar surface area (TPSA) is 77.9 Å². The van der Waals surface area contributed by atoms with Gasteiger partial charge in [-0.05, 0) is 12.5 Å². The summed E-state index contributed by atoms with van der Waals surface area (Å²) < 4.78 is 3.49. The number of amides is 1. The van der Waals surface area contributed by atoms with E-state index in [1.165, 1.54) is 0 Å². The van der Waals surface area contributed by atoms with Gasteiger partial charge in [0.2, 0.25) is 0 Å². The van der Waals surface area contributed by atoms with Gasteiger partial charge in [-0.1, -0.05) is 6.92 Å².